The standard InChI is InChI=1S/C18H14FN3OS2/c1-2-15-21-13(8-24-15)7-22-10-20-17-16(18(22)23)14(9-25-17)11-3-5-12(19)6-4-11/h3-6,8-10H,2,7H2,1H3. The van der Waals surface area contributed by atoms with Crippen LogP contribution in [0.1, 0.15) is 17.6 Å². The molecule has 0 spiro atoms. The van der Waals surface area contributed by atoms with E-state index in [-0.39, 0.29) is 11.4 Å². The van der Waals surface area contributed by atoms with Crippen LogP contribution in [0.25, 0.3) is 21.3 Å². The highest BCUT2D eigenvalue weighted by Crippen LogP contribution is 2.30. The molecule has 4 nitrogen and oxygen atoms in total. The van der Waals surface area contributed by atoms with Crippen LogP contribution in [-0.2, 0) is 13.0 Å². The second-order valence-corrected chi connectivity index (χ2v) is 7.40. The van der Waals surface area contributed by atoms with Crippen molar-refractivity contribution < 1.29 is 4.39 Å². The van der Waals surface area contributed by atoms with E-state index in [1.54, 1.807) is 34.4 Å². The number of aryl methyl sites for hydroxylation is 1. The molecule has 25 heavy (non-hydrogen) atoms. The first-order chi connectivity index (χ1) is 12.2. The van der Waals surface area contributed by atoms with Crippen molar-refractivity contribution in [1.29, 1.82) is 0 Å². The molecule has 0 aliphatic rings. The summed E-state index contributed by atoms with van der Waals surface area (Å²) in [5.41, 5.74) is 2.37. The third-order valence-electron chi connectivity index (χ3n) is 3.95. The van der Waals surface area contributed by atoms with Crippen LogP contribution in [0, 0.1) is 5.82 Å². The Morgan fingerprint density at radius 2 is 1.96 bits per heavy atom. The van der Waals surface area contributed by atoms with Crippen molar-refractivity contribution in [2.75, 3.05) is 0 Å². The van der Waals surface area contributed by atoms with Gasteiger partial charge in [0.15, 0.2) is 0 Å². The molecule has 4 rings (SSSR count). The summed E-state index contributed by atoms with van der Waals surface area (Å²) >= 11 is 3.02. The molecule has 0 atom stereocenters. The van der Waals surface area contributed by atoms with Crippen LogP contribution >= 0.6 is 22.7 Å². The number of rotatable bonds is 4. The molecule has 0 radical (unpaired) electrons. The molecule has 3 heterocycles. The van der Waals surface area contributed by atoms with Gasteiger partial charge < -0.3 is 0 Å². The van der Waals surface area contributed by atoms with Crippen LogP contribution < -0.4 is 5.56 Å². The maximum atomic E-state index is 13.2. The highest BCUT2D eigenvalue weighted by molar-refractivity contribution is 7.17. The number of fused-ring (bicyclic) bond motifs is 1. The van der Waals surface area contributed by atoms with Crippen LogP contribution in [0.2, 0.25) is 0 Å². The Hall–Kier alpha value is -2.38. The minimum atomic E-state index is -0.297. The van der Waals surface area contributed by atoms with Gasteiger partial charge in [-0.05, 0) is 24.1 Å². The van der Waals surface area contributed by atoms with E-state index in [0.717, 1.165) is 28.2 Å². The normalized spacial score (nSPS) is 11.3. The Morgan fingerprint density at radius 1 is 1.16 bits per heavy atom. The van der Waals surface area contributed by atoms with E-state index < -0.39 is 0 Å². The van der Waals surface area contributed by atoms with Crippen LogP contribution in [0.3, 0.4) is 0 Å². The SMILES string of the molecule is CCc1nc(Cn2cnc3scc(-c4ccc(F)cc4)c3c2=O)cs1. The lowest BCUT2D eigenvalue weighted by Gasteiger charge is -2.04. The third-order valence-corrected chi connectivity index (χ3v) is 5.88. The van der Waals surface area contributed by atoms with Gasteiger partial charge in [-0.3, -0.25) is 9.36 Å². The van der Waals surface area contributed by atoms with Crippen LogP contribution in [0.15, 0.2) is 46.1 Å². The molecular weight excluding hydrogens is 357 g/mol. The first-order valence-electron chi connectivity index (χ1n) is 7.81. The lowest BCUT2D eigenvalue weighted by Crippen LogP contribution is -2.21. The summed E-state index contributed by atoms with van der Waals surface area (Å²) in [6.45, 7) is 2.46. The quantitative estimate of drug-likeness (QED) is 0.536. The molecule has 4 aromatic rings. The minimum Gasteiger partial charge on any atom is -0.293 e. The topological polar surface area (TPSA) is 47.8 Å². The van der Waals surface area contributed by atoms with E-state index >= 15 is 0 Å². The molecular formula is C18H14FN3OS2. The van der Waals surface area contributed by atoms with Gasteiger partial charge in [-0.1, -0.05) is 19.1 Å². The fourth-order valence-corrected chi connectivity index (χ4v) is 4.32. The average Bonchev–Trinajstić information content (AvgIpc) is 3.25. The summed E-state index contributed by atoms with van der Waals surface area (Å²) < 4.78 is 14.8. The summed E-state index contributed by atoms with van der Waals surface area (Å²) in [6, 6.07) is 6.16. The van der Waals surface area contributed by atoms with Crippen molar-refractivity contribution in [1.82, 2.24) is 14.5 Å². The zero-order valence-corrected chi connectivity index (χ0v) is 15.0. The molecule has 0 N–H and O–H groups in total. The van der Waals surface area contributed by atoms with E-state index in [9.17, 15) is 9.18 Å². The Labute approximate surface area is 151 Å². The fourth-order valence-electron chi connectivity index (χ4n) is 2.68. The number of benzene rings is 1. The van der Waals surface area contributed by atoms with Crippen molar-refractivity contribution in [3.63, 3.8) is 0 Å². The summed E-state index contributed by atoms with van der Waals surface area (Å²) in [7, 11) is 0. The van der Waals surface area contributed by atoms with E-state index in [4.69, 9.17) is 0 Å². The highest BCUT2D eigenvalue weighted by atomic mass is 32.1. The molecule has 0 saturated heterocycles. The monoisotopic (exact) mass is 371 g/mol. The predicted molar refractivity (Wildman–Crippen MR) is 99.9 cm³/mol. The molecule has 0 bridgehead atoms. The average molecular weight is 371 g/mol. The van der Waals surface area contributed by atoms with Gasteiger partial charge in [0.2, 0.25) is 0 Å². The summed E-state index contributed by atoms with van der Waals surface area (Å²) in [6.07, 6.45) is 2.46. The molecule has 0 fully saturated rings. The van der Waals surface area contributed by atoms with E-state index in [0.29, 0.717) is 16.8 Å². The maximum absolute atomic E-state index is 13.2. The van der Waals surface area contributed by atoms with Crippen LogP contribution in [0.5, 0.6) is 0 Å². The van der Waals surface area contributed by atoms with Crippen molar-refractivity contribution in [2.45, 2.75) is 19.9 Å². The Kier molecular flexibility index (Phi) is 4.19. The number of nitrogens with zero attached hydrogens (tertiary/aromatic N) is 3. The number of thiophene rings is 1. The lowest BCUT2D eigenvalue weighted by molar-refractivity contribution is 0.628. The molecule has 1 aromatic carbocycles. The molecule has 3 aromatic heterocycles. The lowest BCUT2D eigenvalue weighted by atomic mass is 10.1. The van der Waals surface area contributed by atoms with Crippen molar-refractivity contribution in [2.24, 2.45) is 0 Å². The molecule has 126 valence electrons. The second kappa shape index (κ2) is 6.50. The Morgan fingerprint density at radius 3 is 2.68 bits per heavy atom. The highest BCUT2D eigenvalue weighted by Gasteiger charge is 2.14. The zero-order chi connectivity index (χ0) is 17.4. The van der Waals surface area contributed by atoms with Gasteiger partial charge in [0, 0.05) is 16.3 Å². The summed E-state index contributed by atoms with van der Waals surface area (Å²) in [5, 5.41) is 5.50. The van der Waals surface area contributed by atoms with Gasteiger partial charge in [-0.25, -0.2) is 14.4 Å². The third kappa shape index (κ3) is 3.01. The first-order valence-corrected chi connectivity index (χ1v) is 9.57. The predicted octanol–water partition coefficient (Wildman–Crippen LogP) is 4.33. The molecule has 0 unspecified atom stereocenters. The maximum Gasteiger partial charge on any atom is 0.263 e. The first kappa shape index (κ1) is 16.1. The number of hydrogen-bond acceptors (Lipinski definition) is 5. The largest absolute Gasteiger partial charge is 0.293 e. The number of aromatic nitrogens is 3. The Bertz CT molecular complexity index is 1100. The number of halogens is 1. The van der Waals surface area contributed by atoms with E-state index in [2.05, 4.69) is 16.9 Å². The van der Waals surface area contributed by atoms with Crippen molar-refractivity contribution in [3.8, 4) is 11.1 Å². The fraction of sp³-hybridized carbons (Fsp3) is 0.167. The molecule has 0 saturated carbocycles. The second-order valence-electron chi connectivity index (χ2n) is 5.60. The minimum absolute atomic E-state index is 0.100. The molecule has 0 aliphatic carbocycles. The van der Waals surface area contributed by atoms with E-state index in [1.807, 2.05) is 10.8 Å². The zero-order valence-electron chi connectivity index (χ0n) is 13.4. The van der Waals surface area contributed by atoms with Gasteiger partial charge in [-0.2, -0.15) is 0 Å². The number of hydrogen-bond donors (Lipinski definition) is 0. The smallest absolute Gasteiger partial charge is 0.263 e. The molecule has 0 amide bonds. The molecule has 7 heteroatoms. The van der Waals surface area contributed by atoms with Gasteiger partial charge in [0.1, 0.15) is 10.6 Å². The van der Waals surface area contributed by atoms with Gasteiger partial charge in [0.25, 0.3) is 5.56 Å². The molecule has 0 aliphatic heterocycles. The van der Waals surface area contributed by atoms with Gasteiger partial charge in [0.05, 0.1) is 29.0 Å². The Balaban J connectivity index is 1.80. The number of thiazole rings is 1. The van der Waals surface area contributed by atoms with E-state index in [1.165, 1.54) is 23.5 Å². The van der Waals surface area contributed by atoms with Crippen molar-refractivity contribution in [3.05, 3.63) is 68.2 Å². The van der Waals surface area contributed by atoms with Crippen LogP contribution in [0.4, 0.5) is 4.39 Å². The summed E-state index contributed by atoms with van der Waals surface area (Å²) in [5.74, 6) is -0.297. The van der Waals surface area contributed by atoms with Crippen molar-refractivity contribution >= 4 is 32.9 Å². The van der Waals surface area contributed by atoms with Crippen LogP contribution in [-0.4, -0.2) is 14.5 Å². The van der Waals surface area contributed by atoms with Gasteiger partial charge >= 0.3 is 0 Å². The van der Waals surface area contributed by atoms with Gasteiger partial charge in [-0.15, -0.1) is 22.7 Å². The summed E-state index contributed by atoms with van der Waals surface area (Å²) in [4.78, 5) is 22.6.